The van der Waals surface area contributed by atoms with Gasteiger partial charge in [-0.25, -0.2) is 0 Å². The van der Waals surface area contributed by atoms with Gasteiger partial charge in [0.1, 0.15) is 0 Å². The Morgan fingerprint density at radius 1 is 1.14 bits per heavy atom. The number of carboxylic acids is 1. The van der Waals surface area contributed by atoms with E-state index in [-0.39, 0.29) is 24.3 Å². The van der Waals surface area contributed by atoms with Crippen LogP contribution in [0.3, 0.4) is 0 Å². The molecule has 2 N–H and O–H groups in total. The van der Waals surface area contributed by atoms with Crippen LogP contribution in [0.2, 0.25) is 0 Å². The molecule has 0 aromatic heterocycles. The summed E-state index contributed by atoms with van der Waals surface area (Å²) in [5.74, 6) is 0.0329. The molecule has 1 aliphatic rings. The zero-order valence-electron chi connectivity index (χ0n) is 15.6. The first-order valence-electron chi connectivity index (χ1n) is 9.03. The lowest BCUT2D eigenvalue weighted by Crippen LogP contribution is -2.47. The van der Waals surface area contributed by atoms with Crippen LogP contribution in [0.4, 0.5) is 5.69 Å². The summed E-state index contributed by atoms with van der Waals surface area (Å²) in [5.41, 5.74) is 2.39. The van der Waals surface area contributed by atoms with E-state index in [1.54, 1.807) is 59.1 Å². The van der Waals surface area contributed by atoms with Gasteiger partial charge in [0, 0.05) is 34.9 Å². The number of carbonyl (C=O) groups excluding carboxylic acids is 2. The van der Waals surface area contributed by atoms with Gasteiger partial charge in [0.15, 0.2) is 0 Å². The normalized spacial score (nSPS) is 16.5. The second-order valence-corrected chi connectivity index (χ2v) is 7.82. The highest BCUT2D eigenvalue weighted by Crippen LogP contribution is 2.24. The fourth-order valence-corrected chi connectivity index (χ4v) is 4.19. The molecular formula is C21H22N2O4S. The Balaban J connectivity index is 1.80. The molecule has 6 nitrogen and oxygen atoms in total. The van der Waals surface area contributed by atoms with Gasteiger partial charge in [0.05, 0.1) is 12.5 Å². The summed E-state index contributed by atoms with van der Waals surface area (Å²) in [5, 5.41) is 12.0. The molecular weight excluding hydrogens is 376 g/mol. The van der Waals surface area contributed by atoms with Crippen molar-refractivity contribution in [3.8, 4) is 0 Å². The summed E-state index contributed by atoms with van der Waals surface area (Å²) in [6.07, 6.45) is -0.0673. The Kier molecular flexibility index (Phi) is 6.36. The maximum Gasteiger partial charge on any atom is 0.305 e. The topological polar surface area (TPSA) is 86.7 Å². The molecule has 28 heavy (non-hydrogen) atoms. The molecule has 146 valence electrons. The third-order valence-corrected chi connectivity index (χ3v) is 5.76. The average Bonchev–Trinajstić information content (AvgIpc) is 2.70. The number of carboxylic acid groups (broad SMARTS) is 1. The monoisotopic (exact) mass is 398 g/mol. The number of benzene rings is 2. The van der Waals surface area contributed by atoms with Crippen LogP contribution < -0.4 is 5.32 Å². The number of amides is 2. The average molecular weight is 398 g/mol. The van der Waals surface area contributed by atoms with Crippen LogP contribution in [0.1, 0.15) is 32.7 Å². The van der Waals surface area contributed by atoms with Crippen LogP contribution in [-0.4, -0.2) is 51.9 Å². The van der Waals surface area contributed by atoms with E-state index in [4.69, 9.17) is 5.11 Å². The summed E-state index contributed by atoms with van der Waals surface area (Å²) < 4.78 is 0. The summed E-state index contributed by atoms with van der Waals surface area (Å²) in [6.45, 7) is 2.38. The number of carbonyl (C=O) groups is 3. The first-order chi connectivity index (χ1) is 13.5. The number of aryl methyl sites for hydroxylation is 1. The largest absolute Gasteiger partial charge is 0.481 e. The highest BCUT2D eigenvalue weighted by molar-refractivity contribution is 7.99. The highest BCUT2D eigenvalue weighted by Gasteiger charge is 2.29. The van der Waals surface area contributed by atoms with E-state index in [1.807, 2.05) is 13.0 Å². The molecule has 0 bridgehead atoms. The van der Waals surface area contributed by atoms with Gasteiger partial charge in [-0.15, -0.1) is 0 Å². The van der Waals surface area contributed by atoms with E-state index in [2.05, 4.69) is 5.32 Å². The van der Waals surface area contributed by atoms with Crippen LogP contribution in [0.15, 0.2) is 48.5 Å². The van der Waals surface area contributed by atoms with Crippen molar-refractivity contribution in [3.63, 3.8) is 0 Å². The van der Waals surface area contributed by atoms with Gasteiger partial charge >= 0.3 is 5.97 Å². The Labute approximate surface area is 167 Å². The second kappa shape index (κ2) is 8.93. The van der Waals surface area contributed by atoms with Crippen LogP contribution in [0.25, 0.3) is 0 Å². The molecule has 3 rings (SSSR count). The SMILES string of the molecule is Cc1ccc(C(=O)N2CCSCC2CC(=O)O)cc1NC(=O)c1ccccc1. The van der Waals surface area contributed by atoms with Gasteiger partial charge in [-0.3, -0.25) is 14.4 Å². The van der Waals surface area contributed by atoms with E-state index in [9.17, 15) is 14.4 Å². The van der Waals surface area contributed by atoms with Gasteiger partial charge in [-0.2, -0.15) is 11.8 Å². The minimum atomic E-state index is -0.912. The number of nitrogens with one attached hydrogen (secondary N) is 1. The van der Waals surface area contributed by atoms with Crippen molar-refractivity contribution in [3.05, 3.63) is 65.2 Å². The van der Waals surface area contributed by atoms with Crippen molar-refractivity contribution in [2.45, 2.75) is 19.4 Å². The van der Waals surface area contributed by atoms with Crippen LogP contribution >= 0.6 is 11.8 Å². The lowest BCUT2D eigenvalue weighted by atomic mass is 10.1. The fraction of sp³-hybridized carbons (Fsp3) is 0.286. The lowest BCUT2D eigenvalue weighted by Gasteiger charge is -2.34. The molecule has 1 saturated heterocycles. The number of hydrogen-bond acceptors (Lipinski definition) is 4. The van der Waals surface area contributed by atoms with E-state index in [0.29, 0.717) is 29.1 Å². The maximum atomic E-state index is 13.0. The van der Waals surface area contributed by atoms with Crippen LogP contribution in [-0.2, 0) is 4.79 Å². The van der Waals surface area contributed by atoms with Crippen LogP contribution in [0.5, 0.6) is 0 Å². The predicted molar refractivity (Wildman–Crippen MR) is 110 cm³/mol. The van der Waals surface area contributed by atoms with Crippen molar-refractivity contribution < 1.29 is 19.5 Å². The zero-order chi connectivity index (χ0) is 20.1. The molecule has 2 aromatic rings. The number of nitrogens with zero attached hydrogens (tertiary/aromatic N) is 1. The molecule has 0 spiro atoms. The van der Waals surface area contributed by atoms with E-state index in [1.165, 1.54) is 0 Å². The molecule has 0 saturated carbocycles. The summed E-state index contributed by atoms with van der Waals surface area (Å²) in [7, 11) is 0. The highest BCUT2D eigenvalue weighted by atomic mass is 32.2. The number of rotatable bonds is 5. The van der Waals surface area contributed by atoms with Crippen molar-refractivity contribution >= 4 is 35.2 Å². The minimum Gasteiger partial charge on any atom is -0.481 e. The third-order valence-electron chi connectivity index (χ3n) is 4.67. The Morgan fingerprint density at radius 3 is 2.61 bits per heavy atom. The molecule has 1 aliphatic heterocycles. The maximum absolute atomic E-state index is 13.0. The Hall–Kier alpha value is -2.80. The smallest absolute Gasteiger partial charge is 0.305 e. The zero-order valence-corrected chi connectivity index (χ0v) is 16.4. The number of hydrogen-bond donors (Lipinski definition) is 2. The molecule has 1 atom stereocenters. The molecule has 2 amide bonds. The fourth-order valence-electron chi connectivity index (χ4n) is 3.13. The third kappa shape index (κ3) is 4.72. The number of thioether (sulfide) groups is 1. The lowest BCUT2D eigenvalue weighted by molar-refractivity contribution is -0.138. The summed E-state index contributed by atoms with van der Waals surface area (Å²) in [6, 6.07) is 13.7. The Bertz CT molecular complexity index is 885. The molecule has 0 aliphatic carbocycles. The molecule has 1 unspecified atom stereocenters. The second-order valence-electron chi connectivity index (χ2n) is 6.67. The van der Waals surface area contributed by atoms with Crippen molar-refractivity contribution in [2.75, 3.05) is 23.4 Å². The van der Waals surface area contributed by atoms with Gasteiger partial charge in [0.25, 0.3) is 11.8 Å². The minimum absolute atomic E-state index is 0.0673. The predicted octanol–water partition coefficient (Wildman–Crippen LogP) is 3.28. The standard InChI is InChI=1S/C21H22N2O4S/c1-14-7-8-16(11-18(14)22-20(26)15-5-3-2-4-6-15)21(27)23-9-10-28-13-17(23)12-19(24)25/h2-8,11,17H,9-10,12-13H2,1H3,(H,22,26)(H,24,25). The van der Waals surface area contributed by atoms with Gasteiger partial charge < -0.3 is 15.3 Å². The van der Waals surface area contributed by atoms with E-state index >= 15 is 0 Å². The number of anilines is 1. The Morgan fingerprint density at radius 2 is 1.89 bits per heavy atom. The molecule has 2 aromatic carbocycles. The molecule has 0 radical (unpaired) electrons. The van der Waals surface area contributed by atoms with Crippen LogP contribution in [0, 0.1) is 6.92 Å². The van der Waals surface area contributed by atoms with E-state index < -0.39 is 5.97 Å². The molecule has 1 fully saturated rings. The van der Waals surface area contributed by atoms with Gasteiger partial charge in [0.2, 0.25) is 0 Å². The van der Waals surface area contributed by atoms with Crippen molar-refractivity contribution in [1.29, 1.82) is 0 Å². The van der Waals surface area contributed by atoms with Crippen molar-refractivity contribution in [1.82, 2.24) is 4.90 Å². The summed E-state index contributed by atoms with van der Waals surface area (Å²) >= 11 is 1.66. The van der Waals surface area contributed by atoms with Crippen molar-refractivity contribution in [2.24, 2.45) is 0 Å². The first kappa shape index (κ1) is 19.9. The van der Waals surface area contributed by atoms with Gasteiger partial charge in [-0.1, -0.05) is 24.3 Å². The molecule has 1 heterocycles. The number of aliphatic carboxylic acids is 1. The quantitative estimate of drug-likeness (QED) is 0.807. The van der Waals surface area contributed by atoms with E-state index in [0.717, 1.165) is 11.3 Å². The van der Waals surface area contributed by atoms with Gasteiger partial charge in [-0.05, 0) is 36.8 Å². The summed E-state index contributed by atoms with van der Waals surface area (Å²) in [4.78, 5) is 38.2. The first-order valence-corrected chi connectivity index (χ1v) is 10.2. The molecule has 7 heteroatoms.